The summed E-state index contributed by atoms with van der Waals surface area (Å²) < 4.78 is 11.4. The molecule has 0 spiro atoms. The molecule has 3 aromatic heterocycles. The third kappa shape index (κ3) is 4.73. The number of hydrogen-bond donors (Lipinski definition) is 1. The molecule has 31 heavy (non-hydrogen) atoms. The minimum absolute atomic E-state index is 0.533. The summed E-state index contributed by atoms with van der Waals surface area (Å²) >= 11 is 1.53. The molecule has 3 heterocycles. The van der Waals surface area contributed by atoms with Gasteiger partial charge in [-0.3, -0.25) is 4.98 Å². The lowest BCUT2D eigenvalue weighted by molar-refractivity contribution is 0.210. The molecule has 0 aliphatic heterocycles. The normalized spacial score (nSPS) is 11.8. The molecule has 4 rings (SSSR count). The Balaban J connectivity index is 1.61. The van der Waals surface area contributed by atoms with Crippen LogP contribution in [0.3, 0.4) is 0 Å². The van der Waals surface area contributed by atoms with E-state index in [0.29, 0.717) is 36.0 Å². The van der Waals surface area contributed by atoms with E-state index < -0.39 is 6.10 Å². The molecule has 0 aliphatic rings. The largest absolute Gasteiger partial charge is 0.490 e. The van der Waals surface area contributed by atoms with Crippen LogP contribution in [0.2, 0.25) is 0 Å². The lowest BCUT2D eigenvalue weighted by atomic mass is 10.1. The summed E-state index contributed by atoms with van der Waals surface area (Å²) in [5.74, 6) is 1.43. The van der Waals surface area contributed by atoms with Crippen molar-refractivity contribution in [3.05, 3.63) is 77.6 Å². The van der Waals surface area contributed by atoms with Crippen molar-refractivity contribution in [3.8, 4) is 33.5 Å². The van der Waals surface area contributed by atoms with Crippen molar-refractivity contribution in [1.29, 1.82) is 0 Å². The second kappa shape index (κ2) is 9.68. The van der Waals surface area contributed by atoms with Gasteiger partial charge in [0.2, 0.25) is 0 Å². The number of aromatic nitrogens is 3. The second-order valence-corrected chi connectivity index (χ2v) is 7.53. The molecule has 0 saturated heterocycles. The van der Waals surface area contributed by atoms with Gasteiger partial charge in [-0.25, -0.2) is 9.97 Å². The van der Waals surface area contributed by atoms with Gasteiger partial charge in [0.15, 0.2) is 11.5 Å². The highest BCUT2D eigenvalue weighted by Gasteiger charge is 2.16. The Morgan fingerprint density at radius 2 is 1.68 bits per heavy atom. The van der Waals surface area contributed by atoms with E-state index in [-0.39, 0.29) is 0 Å². The fourth-order valence-corrected chi connectivity index (χ4v) is 3.95. The van der Waals surface area contributed by atoms with Crippen molar-refractivity contribution >= 4 is 11.3 Å². The first-order chi connectivity index (χ1) is 15.2. The molecule has 0 fully saturated rings. The van der Waals surface area contributed by atoms with E-state index in [2.05, 4.69) is 9.97 Å². The van der Waals surface area contributed by atoms with E-state index in [4.69, 9.17) is 14.5 Å². The summed E-state index contributed by atoms with van der Waals surface area (Å²) in [5, 5.41) is 13.5. The van der Waals surface area contributed by atoms with Crippen LogP contribution in [0.5, 0.6) is 11.5 Å². The maximum atomic E-state index is 10.6. The Morgan fingerprint density at radius 1 is 0.871 bits per heavy atom. The summed E-state index contributed by atoms with van der Waals surface area (Å²) in [7, 11) is 0. The second-order valence-electron chi connectivity index (χ2n) is 6.67. The average Bonchev–Trinajstić information content (AvgIpc) is 3.31. The Hall–Kier alpha value is -3.29. The van der Waals surface area contributed by atoms with Crippen LogP contribution in [0.4, 0.5) is 0 Å². The van der Waals surface area contributed by atoms with Gasteiger partial charge < -0.3 is 14.6 Å². The van der Waals surface area contributed by atoms with E-state index in [1.807, 2.05) is 61.7 Å². The van der Waals surface area contributed by atoms with Gasteiger partial charge in [-0.1, -0.05) is 12.1 Å². The Kier molecular flexibility index (Phi) is 6.54. The van der Waals surface area contributed by atoms with Gasteiger partial charge in [0, 0.05) is 17.1 Å². The van der Waals surface area contributed by atoms with Gasteiger partial charge in [-0.05, 0) is 56.3 Å². The Morgan fingerprint density at radius 3 is 2.45 bits per heavy atom. The molecule has 0 saturated carbocycles. The number of hydrogen-bond acceptors (Lipinski definition) is 7. The third-order valence-corrected chi connectivity index (χ3v) is 5.47. The van der Waals surface area contributed by atoms with Crippen LogP contribution in [0.15, 0.2) is 66.2 Å². The van der Waals surface area contributed by atoms with Gasteiger partial charge in [0.25, 0.3) is 0 Å². The van der Waals surface area contributed by atoms with Crippen molar-refractivity contribution < 1.29 is 14.6 Å². The van der Waals surface area contributed by atoms with E-state index in [1.54, 1.807) is 18.3 Å². The summed E-state index contributed by atoms with van der Waals surface area (Å²) in [6, 6.07) is 16.8. The van der Waals surface area contributed by atoms with Crippen LogP contribution < -0.4 is 9.47 Å². The number of pyridine rings is 2. The SMILES string of the molecule is CCOc1ccc(-c2nc(-c3cccc(C(O)c4ccccn4)n3)cs2)cc1OCC. The maximum absolute atomic E-state index is 10.6. The number of benzene rings is 1. The lowest BCUT2D eigenvalue weighted by Gasteiger charge is -2.11. The van der Waals surface area contributed by atoms with Gasteiger partial charge in [-0.15, -0.1) is 11.3 Å². The summed E-state index contributed by atoms with van der Waals surface area (Å²) in [5.41, 5.74) is 3.50. The van der Waals surface area contributed by atoms with Crippen molar-refractivity contribution in [3.63, 3.8) is 0 Å². The zero-order valence-electron chi connectivity index (χ0n) is 17.4. The predicted molar refractivity (Wildman–Crippen MR) is 121 cm³/mol. The zero-order chi connectivity index (χ0) is 21.6. The molecule has 7 heteroatoms. The van der Waals surface area contributed by atoms with Crippen LogP contribution in [0.1, 0.15) is 31.3 Å². The molecule has 0 amide bonds. The predicted octanol–water partition coefficient (Wildman–Crippen LogP) is 5.15. The van der Waals surface area contributed by atoms with Gasteiger partial charge in [0.1, 0.15) is 16.8 Å². The van der Waals surface area contributed by atoms with Gasteiger partial charge in [-0.2, -0.15) is 0 Å². The molecule has 4 aromatic rings. The van der Waals surface area contributed by atoms with Crippen molar-refractivity contribution in [2.75, 3.05) is 13.2 Å². The van der Waals surface area contributed by atoms with Crippen LogP contribution in [0.25, 0.3) is 22.0 Å². The number of nitrogens with zero attached hydrogens (tertiary/aromatic N) is 3. The highest BCUT2D eigenvalue weighted by Crippen LogP contribution is 2.35. The highest BCUT2D eigenvalue weighted by molar-refractivity contribution is 7.13. The smallest absolute Gasteiger partial charge is 0.161 e. The zero-order valence-corrected chi connectivity index (χ0v) is 18.2. The minimum Gasteiger partial charge on any atom is -0.490 e. The fourth-order valence-electron chi connectivity index (χ4n) is 3.14. The number of aliphatic hydroxyl groups excluding tert-OH is 1. The first kappa shape index (κ1) is 21.0. The summed E-state index contributed by atoms with van der Waals surface area (Å²) in [6.45, 7) is 5.03. The number of rotatable bonds is 8. The first-order valence-electron chi connectivity index (χ1n) is 10.1. The molecule has 1 unspecified atom stereocenters. The molecule has 1 aromatic carbocycles. The topological polar surface area (TPSA) is 77.4 Å². The quantitative estimate of drug-likeness (QED) is 0.414. The highest BCUT2D eigenvalue weighted by atomic mass is 32.1. The van der Waals surface area contributed by atoms with Crippen molar-refractivity contribution in [1.82, 2.24) is 15.0 Å². The lowest BCUT2D eigenvalue weighted by Crippen LogP contribution is -2.04. The molecule has 0 aliphatic carbocycles. The number of thiazole rings is 1. The van der Waals surface area contributed by atoms with E-state index in [0.717, 1.165) is 22.0 Å². The first-order valence-corrected chi connectivity index (χ1v) is 11.0. The van der Waals surface area contributed by atoms with Crippen LogP contribution in [-0.4, -0.2) is 33.3 Å². The molecule has 1 atom stereocenters. The molecule has 0 bridgehead atoms. The average molecular weight is 434 g/mol. The molecular formula is C24H23N3O3S. The van der Waals surface area contributed by atoms with E-state index >= 15 is 0 Å². The van der Waals surface area contributed by atoms with Crippen LogP contribution >= 0.6 is 11.3 Å². The summed E-state index contributed by atoms with van der Waals surface area (Å²) in [6.07, 6.45) is 0.766. The van der Waals surface area contributed by atoms with Crippen LogP contribution in [-0.2, 0) is 0 Å². The Bertz CT molecular complexity index is 1150. The maximum Gasteiger partial charge on any atom is 0.161 e. The minimum atomic E-state index is -0.890. The molecule has 0 radical (unpaired) electrons. The van der Waals surface area contributed by atoms with E-state index in [9.17, 15) is 5.11 Å². The third-order valence-electron chi connectivity index (χ3n) is 4.58. The summed E-state index contributed by atoms with van der Waals surface area (Å²) in [4.78, 5) is 13.6. The molecular weight excluding hydrogens is 410 g/mol. The molecule has 1 N–H and O–H groups in total. The standard InChI is InChI=1S/C24H23N3O3S/c1-3-29-21-12-11-16(14-22(21)30-4-2)24-27-20(15-31-24)17-9-7-10-19(26-17)23(28)18-8-5-6-13-25-18/h5-15,23,28H,3-4H2,1-2H3. The van der Waals surface area contributed by atoms with Crippen molar-refractivity contribution in [2.45, 2.75) is 20.0 Å². The van der Waals surface area contributed by atoms with Crippen LogP contribution in [0, 0.1) is 0 Å². The molecule has 6 nitrogen and oxygen atoms in total. The number of ether oxygens (including phenoxy) is 2. The monoisotopic (exact) mass is 433 g/mol. The Labute approximate surface area is 185 Å². The molecule has 158 valence electrons. The van der Waals surface area contributed by atoms with Gasteiger partial charge in [0.05, 0.1) is 30.3 Å². The number of aliphatic hydroxyl groups is 1. The fraction of sp³-hybridized carbons (Fsp3) is 0.208. The van der Waals surface area contributed by atoms with Gasteiger partial charge >= 0.3 is 0 Å². The van der Waals surface area contributed by atoms with E-state index in [1.165, 1.54) is 11.3 Å². The van der Waals surface area contributed by atoms with Crippen molar-refractivity contribution in [2.24, 2.45) is 0 Å².